The Morgan fingerprint density at radius 1 is 1.35 bits per heavy atom. The number of amides is 1. The number of carbonyl (C=O) groups is 1. The number of aliphatic hydroxyl groups excluding tert-OH is 1. The van der Waals surface area contributed by atoms with Crippen molar-refractivity contribution in [3.05, 3.63) is 34.9 Å². The summed E-state index contributed by atoms with van der Waals surface area (Å²) in [5, 5.41) is 17.4. The molecule has 1 aromatic rings. The van der Waals surface area contributed by atoms with Gasteiger partial charge in [0.05, 0.1) is 24.7 Å². The van der Waals surface area contributed by atoms with Crippen LogP contribution in [0.5, 0.6) is 0 Å². The molecule has 26 heavy (non-hydrogen) atoms. The van der Waals surface area contributed by atoms with Gasteiger partial charge in [0.25, 0.3) is 0 Å². The normalized spacial score (nSPS) is 30.6. The van der Waals surface area contributed by atoms with Gasteiger partial charge in [-0.3, -0.25) is 4.79 Å². The molecule has 7 heteroatoms. The summed E-state index contributed by atoms with van der Waals surface area (Å²) in [6.45, 7) is 4.98. The van der Waals surface area contributed by atoms with Gasteiger partial charge in [-0.2, -0.15) is 0 Å². The molecule has 3 N–H and O–H groups in total. The summed E-state index contributed by atoms with van der Waals surface area (Å²) >= 11 is 6.14. The Balaban J connectivity index is 1.43. The SMILES string of the molecule is CC(C)NC(=O)C[C@@H]1C[C@H]2O[C@H](CNCc3ccccc3Cl)[C@@H](O)[C@H]2O1. The van der Waals surface area contributed by atoms with Crippen LogP contribution < -0.4 is 10.6 Å². The topological polar surface area (TPSA) is 79.8 Å². The van der Waals surface area contributed by atoms with Gasteiger partial charge in [0.1, 0.15) is 12.2 Å². The Bertz CT molecular complexity index is 627. The molecule has 2 aliphatic rings. The number of hydrogen-bond acceptors (Lipinski definition) is 5. The third-order valence-electron chi connectivity index (χ3n) is 4.76. The lowest BCUT2D eigenvalue weighted by atomic mass is 10.1. The van der Waals surface area contributed by atoms with Gasteiger partial charge >= 0.3 is 0 Å². The first-order valence-electron chi connectivity index (χ1n) is 9.16. The van der Waals surface area contributed by atoms with Crippen LogP contribution in [-0.2, 0) is 20.8 Å². The lowest BCUT2D eigenvalue weighted by molar-refractivity contribution is -0.125. The largest absolute Gasteiger partial charge is 0.388 e. The molecule has 2 saturated heterocycles. The molecule has 2 aliphatic heterocycles. The second-order valence-electron chi connectivity index (χ2n) is 7.31. The third kappa shape index (κ3) is 4.75. The van der Waals surface area contributed by atoms with Gasteiger partial charge in [-0.25, -0.2) is 0 Å². The Kier molecular flexibility index (Phi) is 6.53. The minimum atomic E-state index is -0.697. The van der Waals surface area contributed by atoms with E-state index in [1.165, 1.54) is 0 Å². The average molecular weight is 383 g/mol. The molecule has 1 amide bonds. The van der Waals surface area contributed by atoms with E-state index >= 15 is 0 Å². The fourth-order valence-electron chi connectivity index (χ4n) is 3.59. The van der Waals surface area contributed by atoms with Crippen molar-refractivity contribution >= 4 is 17.5 Å². The highest BCUT2D eigenvalue weighted by molar-refractivity contribution is 6.31. The van der Waals surface area contributed by atoms with Crippen molar-refractivity contribution in [1.29, 1.82) is 0 Å². The summed E-state index contributed by atoms with van der Waals surface area (Å²) < 4.78 is 11.8. The maximum Gasteiger partial charge on any atom is 0.222 e. The highest BCUT2D eigenvalue weighted by Gasteiger charge is 2.50. The summed E-state index contributed by atoms with van der Waals surface area (Å²) in [5.74, 6) is -0.0302. The van der Waals surface area contributed by atoms with Crippen molar-refractivity contribution in [1.82, 2.24) is 10.6 Å². The zero-order valence-corrected chi connectivity index (χ0v) is 15.9. The van der Waals surface area contributed by atoms with Crippen molar-refractivity contribution in [2.24, 2.45) is 0 Å². The molecule has 0 aromatic heterocycles. The molecular weight excluding hydrogens is 356 g/mol. The van der Waals surface area contributed by atoms with Crippen LogP contribution in [0.4, 0.5) is 0 Å². The standard InChI is InChI=1S/C19H27ClN2O4/c1-11(2)22-17(23)8-13-7-15-19(25-13)18(24)16(26-15)10-21-9-12-5-3-4-6-14(12)20/h3-6,11,13,15-16,18-19,21,24H,7-10H2,1-2H3,(H,22,23)/t13-,15+,16+,18+,19-/m0/s1. The predicted octanol–water partition coefficient (Wildman–Crippen LogP) is 1.63. The molecule has 144 valence electrons. The van der Waals surface area contributed by atoms with Gasteiger partial charge in [-0.15, -0.1) is 0 Å². The van der Waals surface area contributed by atoms with Gasteiger partial charge in [0, 0.05) is 30.6 Å². The number of rotatable bonds is 7. The maximum atomic E-state index is 11.9. The van der Waals surface area contributed by atoms with Crippen molar-refractivity contribution in [2.75, 3.05) is 6.54 Å². The molecule has 0 aliphatic carbocycles. The summed E-state index contributed by atoms with van der Waals surface area (Å²) in [7, 11) is 0. The molecule has 0 bridgehead atoms. The average Bonchev–Trinajstić information content (AvgIpc) is 3.08. The summed E-state index contributed by atoms with van der Waals surface area (Å²) in [5.41, 5.74) is 1.01. The predicted molar refractivity (Wildman–Crippen MR) is 99.0 cm³/mol. The van der Waals surface area contributed by atoms with Crippen molar-refractivity contribution in [2.45, 2.75) is 69.8 Å². The molecule has 2 fully saturated rings. The van der Waals surface area contributed by atoms with Crippen LogP contribution in [-0.4, -0.2) is 54.1 Å². The quantitative estimate of drug-likeness (QED) is 0.668. The Hall–Kier alpha value is -1.18. The zero-order valence-electron chi connectivity index (χ0n) is 15.2. The second-order valence-corrected chi connectivity index (χ2v) is 7.72. The smallest absolute Gasteiger partial charge is 0.222 e. The van der Waals surface area contributed by atoms with Crippen LogP contribution in [0.2, 0.25) is 5.02 Å². The number of fused-ring (bicyclic) bond motifs is 1. The van der Waals surface area contributed by atoms with Crippen molar-refractivity contribution in [3.8, 4) is 0 Å². The van der Waals surface area contributed by atoms with E-state index in [1.54, 1.807) is 0 Å². The highest BCUT2D eigenvalue weighted by atomic mass is 35.5. The van der Waals surface area contributed by atoms with E-state index in [0.717, 1.165) is 10.6 Å². The maximum absolute atomic E-state index is 11.9. The molecule has 6 nitrogen and oxygen atoms in total. The van der Waals surface area contributed by atoms with Gasteiger partial charge < -0.3 is 25.2 Å². The van der Waals surface area contributed by atoms with Crippen LogP contribution in [0.25, 0.3) is 0 Å². The summed E-state index contributed by atoms with van der Waals surface area (Å²) in [6, 6.07) is 7.77. The number of hydrogen-bond donors (Lipinski definition) is 3. The van der Waals surface area contributed by atoms with Crippen LogP contribution in [0, 0.1) is 0 Å². The minimum Gasteiger partial charge on any atom is -0.388 e. The van der Waals surface area contributed by atoms with E-state index in [9.17, 15) is 9.90 Å². The molecular formula is C19H27ClN2O4. The molecule has 0 unspecified atom stereocenters. The fraction of sp³-hybridized carbons (Fsp3) is 0.632. The molecule has 3 rings (SSSR count). The lowest BCUT2D eigenvalue weighted by Gasteiger charge is -2.20. The Morgan fingerprint density at radius 2 is 2.12 bits per heavy atom. The molecule has 2 heterocycles. The van der Waals surface area contributed by atoms with Gasteiger partial charge in [0.2, 0.25) is 5.91 Å². The van der Waals surface area contributed by atoms with E-state index in [4.69, 9.17) is 21.1 Å². The zero-order chi connectivity index (χ0) is 18.7. The van der Waals surface area contributed by atoms with Crippen LogP contribution in [0.3, 0.4) is 0 Å². The molecule has 5 atom stereocenters. The Labute approximate surface area is 159 Å². The van der Waals surface area contributed by atoms with Crippen molar-refractivity contribution < 1.29 is 19.4 Å². The van der Waals surface area contributed by atoms with E-state index < -0.39 is 6.10 Å². The third-order valence-corrected chi connectivity index (χ3v) is 5.13. The van der Waals surface area contributed by atoms with Gasteiger partial charge in [-0.1, -0.05) is 29.8 Å². The summed E-state index contributed by atoms with van der Waals surface area (Å²) in [6.07, 6.45) is -0.802. The van der Waals surface area contributed by atoms with Crippen LogP contribution in [0.1, 0.15) is 32.3 Å². The van der Waals surface area contributed by atoms with E-state index in [-0.39, 0.29) is 36.4 Å². The number of halogens is 1. The number of nitrogens with one attached hydrogen (secondary N) is 2. The van der Waals surface area contributed by atoms with E-state index in [1.807, 2.05) is 38.1 Å². The first kappa shape index (κ1) is 19.6. The van der Waals surface area contributed by atoms with Crippen LogP contribution >= 0.6 is 11.6 Å². The second kappa shape index (κ2) is 8.67. The Morgan fingerprint density at radius 3 is 2.81 bits per heavy atom. The number of aliphatic hydroxyl groups is 1. The lowest BCUT2D eigenvalue weighted by Crippen LogP contribution is -2.39. The number of ether oxygens (including phenoxy) is 2. The monoisotopic (exact) mass is 382 g/mol. The molecule has 0 radical (unpaired) electrons. The first-order valence-corrected chi connectivity index (χ1v) is 9.54. The molecule has 0 spiro atoms. The van der Waals surface area contributed by atoms with Gasteiger partial charge in [0.15, 0.2) is 0 Å². The highest BCUT2D eigenvalue weighted by Crippen LogP contribution is 2.35. The van der Waals surface area contributed by atoms with Gasteiger partial charge in [-0.05, 0) is 25.5 Å². The molecule has 1 aromatic carbocycles. The fourth-order valence-corrected chi connectivity index (χ4v) is 3.79. The minimum absolute atomic E-state index is 0.0302. The van der Waals surface area contributed by atoms with Crippen molar-refractivity contribution in [3.63, 3.8) is 0 Å². The number of carbonyl (C=O) groups excluding carboxylic acids is 1. The summed E-state index contributed by atoms with van der Waals surface area (Å²) in [4.78, 5) is 11.9. The first-order chi connectivity index (χ1) is 12.4. The van der Waals surface area contributed by atoms with Crippen LogP contribution in [0.15, 0.2) is 24.3 Å². The number of benzene rings is 1. The molecule has 0 saturated carbocycles. The van der Waals surface area contributed by atoms with E-state index in [0.29, 0.717) is 25.9 Å². The van der Waals surface area contributed by atoms with E-state index in [2.05, 4.69) is 10.6 Å².